The highest BCUT2D eigenvalue weighted by Gasteiger charge is 2.32. The molecule has 2 heterocycles. The fourth-order valence-electron chi connectivity index (χ4n) is 2.81. The van der Waals surface area contributed by atoms with Crippen LogP contribution < -0.4 is 5.32 Å². The minimum atomic E-state index is -3.67. The monoisotopic (exact) mass is 308 g/mol. The summed E-state index contributed by atoms with van der Waals surface area (Å²) in [6.45, 7) is 3.98. The van der Waals surface area contributed by atoms with E-state index in [0.29, 0.717) is 17.7 Å². The van der Waals surface area contributed by atoms with E-state index in [2.05, 4.69) is 10.2 Å². The van der Waals surface area contributed by atoms with Gasteiger partial charge >= 0.3 is 5.97 Å². The standard InChI is InChI=1S/C14H16N2O4S/c17-14(18)12-3-1-2-11-10(9-21(19,20)13(11)12)8-16-6-4-15-5-7-16/h1-3,9,15H,4-8H2,(H,17,18). The summed E-state index contributed by atoms with van der Waals surface area (Å²) < 4.78 is 24.5. The van der Waals surface area contributed by atoms with Gasteiger partial charge in [-0.25, -0.2) is 13.2 Å². The van der Waals surface area contributed by atoms with Crippen molar-refractivity contribution in [1.29, 1.82) is 0 Å². The summed E-state index contributed by atoms with van der Waals surface area (Å²) in [5.74, 6) is -1.22. The number of carboxylic acids is 1. The predicted molar refractivity (Wildman–Crippen MR) is 77.9 cm³/mol. The Labute approximate surface area is 123 Å². The molecule has 6 nitrogen and oxygen atoms in total. The second-order valence-electron chi connectivity index (χ2n) is 5.20. The zero-order valence-corrected chi connectivity index (χ0v) is 12.2. The third kappa shape index (κ3) is 2.59. The minimum absolute atomic E-state index is 0.0670. The Hall–Kier alpha value is -1.70. The molecular weight excluding hydrogens is 292 g/mol. The van der Waals surface area contributed by atoms with Crippen molar-refractivity contribution in [3.63, 3.8) is 0 Å². The molecule has 2 aliphatic heterocycles. The van der Waals surface area contributed by atoms with E-state index >= 15 is 0 Å². The van der Waals surface area contributed by atoms with Crippen molar-refractivity contribution in [1.82, 2.24) is 10.2 Å². The molecule has 0 aliphatic carbocycles. The van der Waals surface area contributed by atoms with Gasteiger partial charge in [0.15, 0.2) is 0 Å². The Bertz CT molecular complexity index is 718. The first kappa shape index (κ1) is 14.2. The van der Waals surface area contributed by atoms with Crippen LogP contribution in [0.15, 0.2) is 28.5 Å². The number of nitrogens with one attached hydrogen (secondary N) is 1. The number of sulfone groups is 1. The Morgan fingerprint density at radius 2 is 2.00 bits per heavy atom. The van der Waals surface area contributed by atoms with Gasteiger partial charge in [-0.3, -0.25) is 4.90 Å². The van der Waals surface area contributed by atoms with E-state index in [4.69, 9.17) is 0 Å². The molecule has 0 amide bonds. The van der Waals surface area contributed by atoms with Crippen molar-refractivity contribution < 1.29 is 18.3 Å². The van der Waals surface area contributed by atoms with Gasteiger partial charge in [-0.15, -0.1) is 0 Å². The maximum absolute atomic E-state index is 12.3. The van der Waals surface area contributed by atoms with E-state index in [9.17, 15) is 18.3 Å². The highest BCUT2D eigenvalue weighted by atomic mass is 32.2. The van der Waals surface area contributed by atoms with E-state index in [1.165, 1.54) is 11.5 Å². The number of benzene rings is 1. The van der Waals surface area contributed by atoms with Crippen LogP contribution in [0.5, 0.6) is 0 Å². The lowest BCUT2D eigenvalue weighted by Gasteiger charge is -2.27. The van der Waals surface area contributed by atoms with E-state index in [1.807, 2.05) is 0 Å². The predicted octanol–water partition coefficient (Wildman–Crippen LogP) is 0.418. The van der Waals surface area contributed by atoms with E-state index in [1.54, 1.807) is 12.1 Å². The van der Waals surface area contributed by atoms with Gasteiger partial charge in [0.05, 0.1) is 10.5 Å². The van der Waals surface area contributed by atoms with E-state index in [0.717, 1.165) is 26.2 Å². The third-order valence-electron chi connectivity index (χ3n) is 3.78. The number of carboxylic acid groups (broad SMARTS) is 1. The molecule has 112 valence electrons. The fraction of sp³-hybridized carbons (Fsp3) is 0.357. The molecular formula is C14H16N2O4S. The normalized spacial score (nSPS) is 20.9. The molecule has 1 aromatic carbocycles. The second-order valence-corrected chi connectivity index (χ2v) is 6.94. The summed E-state index contributed by atoms with van der Waals surface area (Å²) in [4.78, 5) is 13.3. The molecule has 21 heavy (non-hydrogen) atoms. The van der Waals surface area contributed by atoms with Crippen LogP contribution in [-0.4, -0.2) is 57.1 Å². The Kier molecular flexibility index (Phi) is 3.56. The van der Waals surface area contributed by atoms with Crippen LogP contribution in [0.4, 0.5) is 0 Å². The summed E-state index contributed by atoms with van der Waals surface area (Å²) in [6.07, 6.45) is 0. The number of hydrogen-bond donors (Lipinski definition) is 2. The van der Waals surface area contributed by atoms with Crippen molar-refractivity contribution in [2.24, 2.45) is 0 Å². The molecule has 3 rings (SSSR count). The minimum Gasteiger partial charge on any atom is -0.478 e. The van der Waals surface area contributed by atoms with Gasteiger partial charge in [-0.05, 0) is 17.2 Å². The van der Waals surface area contributed by atoms with Crippen LogP contribution in [0, 0.1) is 0 Å². The molecule has 0 spiro atoms. The Morgan fingerprint density at radius 1 is 1.29 bits per heavy atom. The highest BCUT2D eigenvalue weighted by molar-refractivity contribution is 7.95. The van der Waals surface area contributed by atoms with Crippen molar-refractivity contribution >= 4 is 21.4 Å². The van der Waals surface area contributed by atoms with Crippen molar-refractivity contribution in [3.8, 4) is 0 Å². The van der Waals surface area contributed by atoms with Gasteiger partial charge in [-0.1, -0.05) is 12.1 Å². The largest absolute Gasteiger partial charge is 0.478 e. The van der Waals surface area contributed by atoms with Crippen LogP contribution in [0.1, 0.15) is 15.9 Å². The quantitative estimate of drug-likeness (QED) is 0.841. The summed E-state index contributed by atoms with van der Waals surface area (Å²) >= 11 is 0. The summed E-state index contributed by atoms with van der Waals surface area (Å²) in [5, 5.41) is 13.6. The lowest BCUT2D eigenvalue weighted by molar-refractivity contribution is 0.0692. The molecule has 2 N–H and O–H groups in total. The summed E-state index contributed by atoms with van der Waals surface area (Å²) in [6, 6.07) is 4.61. The van der Waals surface area contributed by atoms with Gasteiger partial charge in [0.1, 0.15) is 0 Å². The van der Waals surface area contributed by atoms with Gasteiger partial charge in [0, 0.05) is 38.1 Å². The second kappa shape index (κ2) is 5.25. The molecule has 1 saturated heterocycles. The summed E-state index contributed by atoms with van der Waals surface area (Å²) in [7, 11) is -3.67. The molecule has 0 saturated carbocycles. The topological polar surface area (TPSA) is 86.7 Å². The average Bonchev–Trinajstić information content (AvgIpc) is 2.71. The van der Waals surface area contributed by atoms with E-state index < -0.39 is 15.8 Å². The maximum Gasteiger partial charge on any atom is 0.337 e. The average molecular weight is 308 g/mol. The van der Waals surface area contributed by atoms with Crippen molar-refractivity contribution in [3.05, 3.63) is 34.7 Å². The Morgan fingerprint density at radius 3 is 2.67 bits per heavy atom. The van der Waals surface area contributed by atoms with Crippen LogP contribution in [0.2, 0.25) is 0 Å². The zero-order chi connectivity index (χ0) is 15.0. The molecule has 0 unspecified atom stereocenters. The number of hydrogen-bond acceptors (Lipinski definition) is 5. The molecule has 0 radical (unpaired) electrons. The third-order valence-corrected chi connectivity index (χ3v) is 5.38. The molecule has 0 bridgehead atoms. The first-order valence-corrected chi connectivity index (χ1v) is 8.29. The zero-order valence-electron chi connectivity index (χ0n) is 11.4. The van der Waals surface area contributed by atoms with Crippen molar-refractivity contribution in [2.45, 2.75) is 4.90 Å². The van der Waals surface area contributed by atoms with Gasteiger partial charge in [0.25, 0.3) is 0 Å². The number of fused-ring (bicyclic) bond motifs is 1. The molecule has 0 aromatic heterocycles. The fourth-order valence-corrected chi connectivity index (χ4v) is 4.47. The maximum atomic E-state index is 12.3. The van der Waals surface area contributed by atoms with E-state index in [-0.39, 0.29) is 10.5 Å². The van der Waals surface area contributed by atoms with Crippen LogP contribution in [0.3, 0.4) is 0 Å². The number of nitrogens with zero attached hydrogens (tertiary/aromatic N) is 1. The summed E-state index contributed by atoms with van der Waals surface area (Å²) in [5.41, 5.74) is 1.04. The van der Waals surface area contributed by atoms with Gasteiger partial charge < -0.3 is 10.4 Å². The molecule has 7 heteroatoms. The number of rotatable bonds is 3. The lowest BCUT2D eigenvalue weighted by Crippen LogP contribution is -2.43. The Balaban J connectivity index is 1.99. The smallest absolute Gasteiger partial charge is 0.337 e. The molecule has 0 atom stereocenters. The van der Waals surface area contributed by atoms with Crippen molar-refractivity contribution in [2.75, 3.05) is 32.7 Å². The lowest BCUT2D eigenvalue weighted by atomic mass is 10.0. The molecule has 1 aromatic rings. The first-order valence-electron chi connectivity index (χ1n) is 6.74. The van der Waals surface area contributed by atoms with Gasteiger partial charge in [-0.2, -0.15) is 0 Å². The number of aromatic carboxylic acids is 1. The first-order chi connectivity index (χ1) is 9.99. The SMILES string of the molecule is O=C(O)c1cccc2c1S(=O)(=O)C=C2CN1CCNCC1. The molecule has 2 aliphatic rings. The molecule has 1 fully saturated rings. The van der Waals surface area contributed by atoms with Crippen LogP contribution in [0.25, 0.3) is 5.57 Å². The van der Waals surface area contributed by atoms with Crippen LogP contribution in [-0.2, 0) is 9.84 Å². The number of piperazine rings is 1. The van der Waals surface area contributed by atoms with Gasteiger partial charge in [0.2, 0.25) is 9.84 Å². The highest BCUT2D eigenvalue weighted by Crippen LogP contribution is 2.36. The van der Waals surface area contributed by atoms with Crippen LogP contribution >= 0.6 is 0 Å². The number of carbonyl (C=O) groups is 1.